The quantitative estimate of drug-likeness (QED) is 0.112. The Morgan fingerprint density at radius 1 is 0.462 bits per heavy atom. The predicted octanol–water partition coefficient (Wildman–Crippen LogP) is 17.4. The van der Waals surface area contributed by atoms with Gasteiger partial charge < -0.3 is 13.9 Å². The average Bonchev–Trinajstić information content (AvgIpc) is 4.36. The molecule has 0 aliphatic carbocycles. The van der Waals surface area contributed by atoms with E-state index in [1.807, 2.05) is 12.3 Å². The second-order valence-corrected chi connectivity index (χ2v) is 21.4. The zero-order chi connectivity index (χ0) is 52.2. The molecule has 15 aromatic rings. The lowest BCUT2D eigenvalue weighted by Gasteiger charge is -2.20. The minimum Gasteiger partial charge on any atom is -0.458 e. The van der Waals surface area contributed by atoms with Crippen molar-refractivity contribution in [1.82, 2.24) is 23.3 Å². The van der Waals surface area contributed by atoms with Crippen molar-refractivity contribution in [3.8, 4) is 56.6 Å². The molecule has 0 bridgehead atoms. The summed E-state index contributed by atoms with van der Waals surface area (Å²) in [6.45, 7) is 6.80. The smallest absolute Gasteiger partial charge is 0.269 e. The number of ether oxygens (including phenoxy) is 1. The normalized spacial score (nSPS) is 12.1. The predicted molar refractivity (Wildman–Crippen MR) is 320 cm³/mol. The Hall–Kier alpha value is -9.98. The first kappa shape index (κ1) is 45.4. The van der Waals surface area contributed by atoms with Gasteiger partial charge in [-0.1, -0.05) is 185 Å². The highest BCUT2D eigenvalue weighted by Gasteiger charge is 2.29. The largest absolute Gasteiger partial charge is 0.458 e. The zero-order valence-electron chi connectivity index (χ0n) is 43.7. The molecule has 0 aliphatic heterocycles. The molecule has 5 aromatic heterocycles. The highest BCUT2D eigenvalue weighted by molar-refractivity contribution is 6.40. The standard InChI is InChI=1S/C71H52N6O/c1-71(2,3)48-40-41-72-63(42-48)77-62-44-52(38-39-57(62)64-65-56-31-15-17-35-59(56)76(49-26-12-7-13-27-49)70(65)69-66(68(64)77)55-30-14-16-34-58(55)73(69)4)78-51-29-20-28-50(43-51)74-45-75(61-37-19-18-36-60(61)74)67-53(46-22-8-5-9-23-46)32-21-33-54(67)47-24-10-6-11-25-47/h5-44H,1-4H3. The molecule has 0 amide bonds. The SMILES string of the molecule is Cn1c2ccccc2c2c1c1c(c3ccccc3n1-c1ccccc1)c1c3ccc(Oc4cccc(-[n+]5[c-]n(-c6c(-c7ccccc7)cccc6-c6ccccc6)c6ccccc65)c4)cc3n(-c3cc(C(C)(C)C)ccn3)c12. The van der Waals surface area contributed by atoms with Crippen LogP contribution >= 0.6 is 0 Å². The number of imidazole rings is 1. The summed E-state index contributed by atoms with van der Waals surface area (Å²) in [6, 6.07) is 84.2. The Morgan fingerprint density at radius 3 is 1.77 bits per heavy atom. The number of para-hydroxylation sites is 6. The molecule has 0 saturated carbocycles. The van der Waals surface area contributed by atoms with Crippen LogP contribution in [0.5, 0.6) is 11.5 Å². The molecule has 7 nitrogen and oxygen atoms in total. The average molecular weight is 1010 g/mol. The maximum atomic E-state index is 7.08. The number of nitrogens with zero attached hydrogens (tertiary/aromatic N) is 6. The first-order valence-corrected chi connectivity index (χ1v) is 26.7. The Balaban J connectivity index is 0.956. The van der Waals surface area contributed by atoms with Crippen molar-refractivity contribution in [2.45, 2.75) is 26.2 Å². The van der Waals surface area contributed by atoms with Crippen LogP contribution in [0.2, 0.25) is 0 Å². The fourth-order valence-corrected chi connectivity index (χ4v) is 12.3. The molecule has 0 spiro atoms. The van der Waals surface area contributed by atoms with Crippen molar-refractivity contribution in [1.29, 1.82) is 0 Å². The number of rotatable bonds is 8. The maximum absolute atomic E-state index is 7.08. The first-order chi connectivity index (χ1) is 38.3. The van der Waals surface area contributed by atoms with Gasteiger partial charge in [0.1, 0.15) is 17.3 Å². The lowest BCUT2D eigenvalue weighted by atomic mass is 9.88. The van der Waals surface area contributed by atoms with Gasteiger partial charge >= 0.3 is 0 Å². The summed E-state index contributed by atoms with van der Waals surface area (Å²) in [7, 11) is 2.22. The van der Waals surface area contributed by atoms with E-state index in [0.717, 1.165) is 78.1 Å². The van der Waals surface area contributed by atoms with Crippen LogP contribution in [0.15, 0.2) is 243 Å². The number of benzene rings is 10. The first-order valence-electron chi connectivity index (χ1n) is 26.7. The molecule has 78 heavy (non-hydrogen) atoms. The van der Waals surface area contributed by atoms with Gasteiger partial charge in [-0.25, -0.2) is 4.98 Å². The van der Waals surface area contributed by atoms with E-state index in [9.17, 15) is 0 Å². The van der Waals surface area contributed by atoms with Crippen LogP contribution in [0, 0.1) is 6.33 Å². The van der Waals surface area contributed by atoms with Gasteiger partial charge in [0.25, 0.3) is 6.33 Å². The zero-order valence-corrected chi connectivity index (χ0v) is 43.7. The van der Waals surface area contributed by atoms with Crippen LogP contribution in [0.4, 0.5) is 0 Å². The molecule has 0 fully saturated rings. The molecule has 0 N–H and O–H groups in total. The number of fused-ring (bicyclic) bond motifs is 13. The van der Waals surface area contributed by atoms with Crippen molar-refractivity contribution < 1.29 is 9.30 Å². The summed E-state index contributed by atoms with van der Waals surface area (Å²) in [5, 5.41) is 7.06. The van der Waals surface area contributed by atoms with Gasteiger partial charge in [-0.15, -0.1) is 0 Å². The van der Waals surface area contributed by atoms with E-state index in [4.69, 9.17) is 9.72 Å². The van der Waals surface area contributed by atoms with E-state index in [-0.39, 0.29) is 5.41 Å². The van der Waals surface area contributed by atoms with Crippen molar-refractivity contribution >= 4 is 76.5 Å². The maximum Gasteiger partial charge on any atom is 0.269 e. The second kappa shape index (κ2) is 17.5. The number of hydrogen-bond donors (Lipinski definition) is 0. The molecule has 10 aromatic carbocycles. The Morgan fingerprint density at radius 2 is 1.05 bits per heavy atom. The van der Waals surface area contributed by atoms with E-state index in [1.165, 1.54) is 49.0 Å². The van der Waals surface area contributed by atoms with Crippen LogP contribution in [0.3, 0.4) is 0 Å². The number of aromatic nitrogens is 6. The van der Waals surface area contributed by atoms with Crippen LogP contribution in [0.25, 0.3) is 122 Å². The van der Waals surface area contributed by atoms with E-state index in [0.29, 0.717) is 11.5 Å². The second-order valence-electron chi connectivity index (χ2n) is 21.4. The molecule has 0 saturated heterocycles. The van der Waals surface area contributed by atoms with Gasteiger partial charge in [-0.05, 0) is 100.0 Å². The fourth-order valence-electron chi connectivity index (χ4n) is 12.3. The third-order valence-electron chi connectivity index (χ3n) is 15.8. The summed E-state index contributed by atoms with van der Waals surface area (Å²) in [5.41, 5.74) is 17.5. The van der Waals surface area contributed by atoms with E-state index >= 15 is 0 Å². The Bertz CT molecular complexity index is 4800. The van der Waals surface area contributed by atoms with Crippen molar-refractivity contribution in [2.24, 2.45) is 7.05 Å². The molecule has 15 rings (SSSR count). The molecule has 0 radical (unpaired) electrons. The number of pyridine rings is 1. The van der Waals surface area contributed by atoms with Gasteiger partial charge in [0, 0.05) is 62.8 Å². The number of aryl methyl sites for hydroxylation is 1. The summed E-state index contributed by atoms with van der Waals surface area (Å²) >= 11 is 0. The van der Waals surface area contributed by atoms with Crippen LogP contribution in [0.1, 0.15) is 26.3 Å². The molecule has 0 unspecified atom stereocenters. The van der Waals surface area contributed by atoms with Crippen molar-refractivity contribution in [3.63, 3.8) is 0 Å². The lowest BCUT2D eigenvalue weighted by molar-refractivity contribution is -0.572. The third kappa shape index (κ3) is 6.98. The third-order valence-corrected chi connectivity index (χ3v) is 15.8. The van der Waals surface area contributed by atoms with Crippen LogP contribution < -0.4 is 9.30 Å². The summed E-state index contributed by atoms with van der Waals surface area (Å²) in [6.07, 6.45) is 5.81. The molecule has 5 heterocycles. The summed E-state index contributed by atoms with van der Waals surface area (Å²) in [4.78, 5) is 5.24. The highest BCUT2D eigenvalue weighted by Crippen LogP contribution is 2.50. The van der Waals surface area contributed by atoms with Crippen molar-refractivity contribution in [2.75, 3.05) is 0 Å². The summed E-state index contributed by atoms with van der Waals surface area (Å²) < 4.78 is 18.7. The minimum atomic E-state index is -0.113. The molecule has 0 aliphatic rings. The molecular weight excluding hydrogens is 953 g/mol. The van der Waals surface area contributed by atoms with Gasteiger partial charge in [-0.2, -0.15) is 0 Å². The van der Waals surface area contributed by atoms with Gasteiger partial charge in [0.05, 0.1) is 50.0 Å². The lowest BCUT2D eigenvalue weighted by Crippen LogP contribution is -2.29. The van der Waals surface area contributed by atoms with Gasteiger partial charge in [-0.3, -0.25) is 13.7 Å². The fraction of sp³-hybridized carbons (Fsp3) is 0.0704. The molecule has 372 valence electrons. The monoisotopic (exact) mass is 1000 g/mol. The highest BCUT2D eigenvalue weighted by atomic mass is 16.5. The summed E-state index contributed by atoms with van der Waals surface area (Å²) in [5.74, 6) is 2.28. The Kier molecular flexibility index (Phi) is 10.2. The van der Waals surface area contributed by atoms with E-state index in [1.54, 1.807) is 0 Å². The van der Waals surface area contributed by atoms with Crippen LogP contribution in [-0.2, 0) is 12.5 Å². The van der Waals surface area contributed by atoms with Crippen molar-refractivity contribution in [3.05, 3.63) is 255 Å². The van der Waals surface area contributed by atoms with Gasteiger partial charge in [0.15, 0.2) is 0 Å². The molecule has 0 atom stereocenters. The molecule has 7 heteroatoms. The van der Waals surface area contributed by atoms with Crippen LogP contribution in [-0.4, -0.2) is 23.3 Å². The van der Waals surface area contributed by atoms with E-state index in [2.05, 4.69) is 288 Å². The number of hydrogen-bond acceptors (Lipinski definition) is 2. The van der Waals surface area contributed by atoms with E-state index < -0.39 is 0 Å². The molecular formula is C71H52N6O. The van der Waals surface area contributed by atoms with Gasteiger partial charge in [0.2, 0.25) is 0 Å². The Labute approximate surface area is 451 Å². The minimum absolute atomic E-state index is 0.113. The topological polar surface area (TPSA) is 45.7 Å².